The van der Waals surface area contributed by atoms with Crippen molar-refractivity contribution in [2.45, 2.75) is 31.6 Å². The Balaban J connectivity index is 1.41. The van der Waals surface area contributed by atoms with Crippen molar-refractivity contribution in [3.05, 3.63) is 61.9 Å². The summed E-state index contributed by atoms with van der Waals surface area (Å²) in [4.78, 5) is 14.0. The zero-order valence-electron chi connectivity index (χ0n) is 15.9. The minimum atomic E-state index is 0.186. The van der Waals surface area contributed by atoms with Gasteiger partial charge in [0.2, 0.25) is 0 Å². The van der Waals surface area contributed by atoms with Crippen molar-refractivity contribution in [1.82, 2.24) is 4.90 Å². The summed E-state index contributed by atoms with van der Waals surface area (Å²) in [6.07, 6.45) is 4.63. The van der Waals surface area contributed by atoms with E-state index in [9.17, 15) is 4.79 Å². The van der Waals surface area contributed by atoms with Crippen LogP contribution in [0.2, 0.25) is 0 Å². The van der Waals surface area contributed by atoms with Gasteiger partial charge in [-0.05, 0) is 73.5 Å². The normalized spacial score (nSPS) is 16.6. The van der Waals surface area contributed by atoms with Crippen molar-refractivity contribution in [3.63, 3.8) is 0 Å². The number of benzene rings is 2. The molecule has 27 heavy (non-hydrogen) atoms. The Hall–Kier alpha value is -1.69. The molecule has 0 radical (unpaired) electrons. The van der Waals surface area contributed by atoms with Crippen LogP contribution in [0.25, 0.3) is 9.40 Å². The Kier molecular flexibility index (Phi) is 5.62. The topological polar surface area (TPSA) is 29.5 Å². The highest BCUT2D eigenvalue weighted by atomic mass is 32.2. The lowest BCUT2D eigenvalue weighted by Crippen LogP contribution is -2.28. The van der Waals surface area contributed by atoms with E-state index in [2.05, 4.69) is 48.3 Å². The third kappa shape index (κ3) is 4.10. The Morgan fingerprint density at radius 2 is 2.04 bits per heavy atom. The average molecular weight is 400 g/mol. The fourth-order valence-electron chi connectivity index (χ4n) is 4.15. The molecule has 1 heterocycles. The van der Waals surface area contributed by atoms with Gasteiger partial charge in [0, 0.05) is 22.5 Å². The maximum Gasteiger partial charge on any atom is 0.288 e. The molecule has 0 N–H and O–H groups in total. The van der Waals surface area contributed by atoms with Gasteiger partial charge in [-0.2, -0.15) is 0 Å². The predicted octanol–water partition coefficient (Wildman–Crippen LogP) is 4.93. The third-order valence-corrected chi connectivity index (χ3v) is 7.61. The summed E-state index contributed by atoms with van der Waals surface area (Å²) in [5.41, 5.74) is 4.19. The van der Waals surface area contributed by atoms with E-state index >= 15 is 0 Å². The number of methoxy groups -OCH3 is 1. The number of rotatable bonds is 6. The summed E-state index contributed by atoms with van der Waals surface area (Å²) < 4.78 is 7.99. The molecule has 0 aliphatic heterocycles. The van der Waals surface area contributed by atoms with E-state index < -0.39 is 0 Å². The maximum absolute atomic E-state index is 11.6. The molecule has 0 bridgehead atoms. The van der Waals surface area contributed by atoms with Crippen LogP contribution in [0.5, 0.6) is 5.75 Å². The second-order valence-corrected chi connectivity index (χ2v) is 9.65. The van der Waals surface area contributed by atoms with Gasteiger partial charge in [0.05, 0.1) is 7.11 Å². The number of fused-ring (bicyclic) bond motifs is 2. The van der Waals surface area contributed by atoms with Crippen LogP contribution in [-0.2, 0) is 12.8 Å². The van der Waals surface area contributed by atoms with Gasteiger partial charge in [0.15, 0.2) is 0 Å². The lowest BCUT2D eigenvalue weighted by molar-refractivity contribution is 0.299. The summed E-state index contributed by atoms with van der Waals surface area (Å²) in [5.74, 6) is 1.63. The molecule has 1 aliphatic rings. The first-order valence-corrected chi connectivity index (χ1v) is 11.1. The van der Waals surface area contributed by atoms with Crippen LogP contribution in [0.3, 0.4) is 0 Å². The number of ether oxygens (including phenoxy) is 1. The average Bonchev–Trinajstić information content (AvgIpc) is 3.05. The smallest absolute Gasteiger partial charge is 0.288 e. The minimum Gasteiger partial charge on any atom is -0.496 e. The van der Waals surface area contributed by atoms with Gasteiger partial charge in [-0.3, -0.25) is 4.79 Å². The van der Waals surface area contributed by atoms with Crippen molar-refractivity contribution in [2.24, 2.45) is 0 Å². The monoisotopic (exact) mass is 399 g/mol. The van der Waals surface area contributed by atoms with Crippen molar-refractivity contribution < 1.29 is 4.74 Å². The molecule has 0 amide bonds. The lowest BCUT2D eigenvalue weighted by Gasteiger charge is -2.30. The van der Waals surface area contributed by atoms with Crippen molar-refractivity contribution in [2.75, 3.05) is 27.2 Å². The lowest BCUT2D eigenvalue weighted by atomic mass is 9.82. The van der Waals surface area contributed by atoms with E-state index in [1.165, 1.54) is 52.2 Å². The molecule has 4 rings (SSSR count). The first kappa shape index (κ1) is 18.7. The first-order valence-electron chi connectivity index (χ1n) is 9.51. The van der Waals surface area contributed by atoms with Crippen molar-refractivity contribution >= 4 is 32.1 Å². The first-order chi connectivity index (χ1) is 13.1. The largest absolute Gasteiger partial charge is 0.496 e. The van der Waals surface area contributed by atoms with E-state index in [4.69, 9.17) is 4.74 Å². The molecule has 1 atom stereocenters. The molecule has 1 aliphatic carbocycles. The molecule has 3 nitrogen and oxygen atoms in total. The van der Waals surface area contributed by atoms with Crippen molar-refractivity contribution in [3.8, 4) is 5.75 Å². The van der Waals surface area contributed by atoms with E-state index in [0.717, 1.165) is 41.1 Å². The van der Waals surface area contributed by atoms with Gasteiger partial charge in [-0.25, -0.2) is 0 Å². The Morgan fingerprint density at radius 1 is 1.19 bits per heavy atom. The molecule has 0 saturated carbocycles. The number of likely N-dealkylation sites (N-methyl/N-ethyl adjacent to an activating group) is 1. The van der Waals surface area contributed by atoms with Gasteiger partial charge in [0.25, 0.3) is 4.06 Å². The standard InChI is InChI=1S/C22H25NO2S2/c1-23(12-11-15-9-10-20-21(13-15)27-22(24)26-20)14-16-5-3-7-18-17(16)6-4-8-19(18)25-2/h4,6,8-10,13,16H,3,5,7,11-12,14H2,1-2H3. The molecule has 5 heteroatoms. The summed E-state index contributed by atoms with van der Waals surface area (Å²) in [6, 6.07) is 12.9. The summed E-state index contributed by atoms with van der Waals surface area (Å²) in [5, 5.41) is 0. The zero-order valence-corrected chi connectivity index (χ0v) is 17.5. The van der Waals surface area contributed by atoms with Gasteiger partial charge in [0.1, 0.15) is 5.75 Å². The molecule has 142 valence electrons. The van der Waals surface area contributed by atoms with Crippen LogP contribution in [0.1, 0.15) is 35.4 Å². The fraction of sp³-hybridized carbons (Fsp3) is 0.409. The SMILES string of the molecule is COc1cccc2c1CCCC2CN(C)CCc1ccc2sc(=O)sc2c1. The van der Waals surface area contributed by atoms with Crippen molar-refractivity contribution in [1.29, 1.82) is 0 Å². The van der Waals surface area contributed by atoms with Crippen LogP contribution in [0.15, 0.2) is 41.2 Å². The second kappa shape index (κ2) is 8.13. The van der Waals surface area contributed by atoms with E-state index in [1.807, 2.05) is 0 Å². The summed E-state index contributed by atoms with van der Waals surface area (Å²) >= 11 is 2.71. The highest BCUT2D eigenvalue weighted by molar-refractivity contribution is 7.35. The molecular formula is C22H25NO2S2. The molecule has 2 aromatic carbocycles. The number of hydrogen-bond acceptors (Lipinski definition) is 5. The summed E-state index contributed by atoms with van der Waals surface area (Å²) in [6.45, 7) is 2.11. The van der Waals surface area contributed by atoms with Gasteiger partial charge in [-0.1, -0.05) is 40.9 Å². The maximum atomic E-state index is 11.6. The van der Waals surface area contributed by atoms with E-state index in [1.54, 1.807) is 7.11 Å². The van der Waals surface area contributed by atoms with Gasteiger partial charge < -0.3 is 9.64 Å². The van der Waals surface area contributed by atoms with E-state index in [0.29, 0.717) is 5.92 Å². The number of nitrogens with zero attached hydrogens (tertiary/aromatic N) is 1. The highest BCUT2D eigenvalue weighted by Crippen LogP contribution is 2.36. The van der Waals surface area contributed by atoms with Crippen LogP contribution in [-0.4, -0.2) is 32.1 Å². The van der Waals surface area contributed by atoms with Crippen LogP contribution in [0.4, 0.5) is 0 Å². The quantitative estimate of drug-likeness (QED) is 0.589. The van der Waals surface area contributed by atoms with Crippen LogP contribution >= 0.6 is 22.7 Å². The second-order valence-electron chi connectivity index (χ2n) is 7.36. The molecular weight excluding hydrogens is 374 g/mol. The Bertz CT molecular complexity index is 991. The minimum absolute atomic E-state index is 0.186. The fourth-order valence-corrected chi connectivity index (χ4v) is 6.14. The zero-order chi connectivity index (χ0) is 18.8. The molecule has 1 unspecified atom stereocenters. The molecule has 1 aromatic heterocycles. The molecule has 0 fully saturated rings. The Labute approximate surface area is 168 Å². The molecule has 3 aromatic rings. The third-order valence-electron chi connectivity index (χ3n) is 5.52. The molecule has 0 saturated heterocycles. The van der Waals surface area contributed by atoms with Crippen LogP contribution in [0, 0.1) is 0 Å². The van der Waals surface area contributed by atoms with Crippen LogP contribution < -0.4 is 8.79 Å². The van der Waals surface area contributed by atoms with Gasteiger partial charge >= 0.3 is 0 Å². The highest BCUT2D eigenvalue weighted by Gasteiger charge is 2.23. The van der Waals surface area contributed by atoms with Gasteiger partial charge in [-0.15, -0.1) is 0 Å². The predicted molar refractivity (Wildman–Crippen MR) is 116 cm³/mol. The number of hydrogen-bond donors (Lipinski definition) is 0. The summed E-state index contributed by atoms with van der Waals surface area (Å²) in [7, 11) is 3.99. The van der Waals surface area contributed by atoms with E-state index in [-0.39, 0.29) is 4.06 Å². The molecule has 0 spiro atoms. The Morgan fingerprint density at radius 3 is 2.89 bits per heavy atom.